The molecule has 1 N–H and O–H groups in total. The SMILES string of the molecule is Fc1ccc(COc2ccc3ccccc3c2CNCc2ccc3c(c2)OCO3)cc1. The summed E-state index contributed by atoms with van der Waals surface area (Å²) in [4.78, 5) is 0. The lowest BCUT2D eigenvalue weighted by Crippen LogP contribution is -2.14. The normalized spacial score (nSPS) is 12.3. The lowest BCUT2D eigenvalue weighted by molar-refractivity contribution is 0.174. The maximum atomic E-state index is 13.2. The molecular formula is C26H22FNO3. The molecule has 0 amide bonds. The number of ether oxygens (including phenoxy) is 3. The highest BCUT2D eigenvalue weighted by molar-refractivity contribution is 5.87. The van der Waals surface area contributed by atoms with Crippen molar-refractivity contribution >= 4 is 10.8 Å². The Labute approximate surface area is 180 Å². The first-order valence-corrected chi connectivity index (χ1v) is 10.2. The number of hydrogen-bond acceptors (Lipinski definition) is 4. The summed E-state index contributed by atoms with van der Waals surface area (Å²) >= 11 is 0. The van der Waals surface area contributed by atoms with Crippen LogP contribution < -0.4 is 19.5 Å². The number of fused-ring (bicyclic) bond motifs is 2. The topological polar surface area (TPSA) is 39.7 Å². The van der Waals surface area contributed by atoms with E-state index in [0.29, 0.717) is 19.7 Å². The van der Waals surface area contributed by atoms with Gasteiger partial charge in [-0.3, -0.25) is 0 Å². The highest BCUT2D eigenvalue weighted by Crippen LogP contribution is 2.33. The van der Waals surface area contributed by atoms with Crippen LogP contribution in [0.5, 0.6) is 17.2 Å². The quantitative estimate of drug-likeness (QED) is 0.428. The molecule has 4 nitrogen and oxygen atoms in total. The molecule has 156 valence electrons. The van der Waals surface area contributed by atoms with E-state index in [9.17, 15) is 4.39 Å². The second-order valence-electron chi connectivity index (χ2n) is 7.47. The van der Waals surface area contributed by atoms with E-state index in [1.807, 2.05) is 36.4 Å². The van der Waals surface area contributed by atoms with Crippen molar-refractivity contribution in [1.82, 2.24) is 5.32 Å². The van der Waals surface area contributed by atoms with E-state index in [4.69, 9.17) is 14.2 Å². The van der Waals surface area contributed by atoms with Crippen LogP contribution in [0.3, 0.4) is 0 Å². The van der Waals surface area contributed by atoms with Crippen molar-refractivity contribution in [3.63, 3.8) is 0 Å². The lowest BCUT2D eigenvalue weighted by Gasteiger charge is -2.15. The van der Waals surface area contributed by atoms with Gasteiger partial charge in [0.2, 0.25) is 6.79 Å². The molecule has 4 aromatic rings. The molecule has 0 bridgehead atoms. The lowest BCUT2D eigenvalue weighted by atomic mass is 10.0. The van der Waals surface area contributed by atoms with Crippen LogP contribution >= 0.6 is 0 Å². The van der Waals surface area contributed by atoms with Crippen molar-refractivity contribution in [3.8, 4) is 17.2 Å². The zero-order valence-corrected chi connectivity index (χ0v) is 16.9. The minimum absolute atomic E-state index is 0.247. The number of rotatable bonds is 7. The summed E-state index contributed by atoms with van der Waals surface area (Å²) in [5, 5.41) is 5.84. The van der Waals surface area contributed by atoms with Crippen LogP contribution in [0.4, 0.5) is 4.39 Å². The van der Waals surface area contributed by atoms with Gasteiger partial charge in [0.25, 0.3) is 0 Å². The standard InChI is InChI=1S/C26H22FNO3/c27-21-9-5-18(6-10-21)16-29-24-12-8-20-3-1-2-4-22(20)23(24)15-28-14-19-7-11-25-26(13-19)31-17-30-25/h1-13,28H,14-17H2. The first-order chi connectivity index (χ1) is 15.3. The molecule has 5 rings (SSSR count). The molecule has 0 atom stereocenters. The average Bonchev–Trinajstić information content (AvgIpc) is 3.27. The average molecular weight is 415 g/mol. The maximum absolute atomic E-state index is 13.2. The molecule has 1 heterocycles. The first kappa shape index (κ1) is 19.4. The van der Waals surface area contributed by atoms with E-state index in [2.05, 4.69) is 23.5 Å². The third-order valence-corrected chi connectivity index (χ3v) is 5.37. The Balaban J connectivity index is 1.34. The maximum Gasteiger partial charge on any atom is 0.231 e. The summed E-state index contributed by atoms with van der Waals surface area (Å²) in [6.45, 7) is 2.00. The van der Waals surface area contributed by atoms with Gasteiger partial charge >= 0.3 is 0 Å². The highest BCUT2D eigenvalue weighted by atomic mass is 19.1. The molecule has 0 saturated carbocycles. The second-order valence-corrected chi connectivity index (χ2v) is 7.47. The van der Waals surface area contributed by atoms with Gasteiger partial charge in [-0.05, 0) is 52.2 Å². The van der Waals surface area contributed by atoms with Crippen molar-refractivity contribution in [1.29, 1.82) is 0 Å². The van der Waals surface area contributed by atoms with Gasteiger partial charge in [-0.2, -0.15) is 0 Å². The Bertz CT molecular complexity index is 1210. The summed E-state index contributed by atoms with van der Waals surface area (Å²) in [5.74, 6) is 2.14. The summed E-state index contributed by atoms with van der Waals surface area (Å²) in [6.07, 6.45) is 0. The molecule has 1 aliphatic heterocycles. The van der Waals surface area contributed by atoms with Gasteiger partial charge in [0.05, 0.1) is 0 Å². The number of hydrogen-bond donors (Lipinski definition) is 1. The van der Waals surface area contributed by atoms with Crippen LogP contribution in [-0.4, -0.2) is 6.79 Å². The van der Waals surface area contributed by atoms with E-state index in [1.165, 1.54) is 12.1 Å². The summed E-state index contributed by atoms with van der Waals surface area (Å²) < 4.78 is 30.2. The van der Waals surface area contributed by atoms with E-state index < -0.39 is 0 Å². The van der Waals surface area contributed by atoms with Gasteiger partial charge in [0.1, 0.15) is 18.2 Å². The number of benzene rings is 4. The molecule has 4 aromatic carbocycles. The minimum Gasteiger partial charge on any atom is -0.489 e. The third-order valence-electron chi connectivity index (χ3n) is 5.37. The van der Waals surface area contributed by atoms with Crippen molar-refractivity contribution in [2.75, 3.05) is 6.79 Å². The smallest absolute Gasteiger partial charge is 0.231 e. The fourth-order valence-electron chi connectivity index (χ4n) is 3.76. The zero-order valence-electron chi connectivity index (χ0n) is 16.9. The Morgan fingerprint density at radius 3 is 2.52 bits per heavy atom. The van der Waals surface area contributed by atoms with Crippen LogP contribution in [0.15, 0.2) is 78.9 Å². The predicted molar refractivity (Wildman–Crippen MR) is 118 cm³/mol. The zero-order chi connectivity index (χ0) is 21.0. The monoisotopic (exact) mass is 415 g/mol. The van der Waals surface area contributed by atoms with Gasteiger partial charge in [-0.15, -0.1) is 0 Å². The fourth-order valence-corrected chi connectivity index (χ4v) is 3.76. The molecule has 1 aliphatic rings. The van der Waals surface area contributed by atoms with Gasteiger partial charge in [-0.1, -0.05) is 48.5 Å². The van der Waals surface area contributed by atoms with Crippen molar-refractivity contribution < 1.29 is 18.6 Å². The second kappa shape index (κ2) is 8.66. The highest BCUT2D eigenvalue weighted by Gasteiger charge is 2.14. The molecule has 0 fully saturated rings. The molecule has 31 heavy (non-hydrogen) atoms. The van der Waals surface area contributed by atoms with Crippen molar-refractivity contribution in [2.24, 2.45) is 0 Å². The van der Waals surface area contributed by atoms with Crippen LogP contribution in [-0.2, 0) is 19.7 Å². The van der Waals surface area contributed by atoms with Crippen LogP contribution in [0, 0.1) is 5.82 Å². The van der Waals surface area contributed by atoms with Gasteiger partial charge < -0.3 is 19.5 Å². The largest absolute Gasteiger partial charge is 0.489 e. The molecule has 0 aliphatic carbocycles. The fraction of sp³-hybridized carbons (Fsp3) is 0.154. The van der Waals surface area contributed by atoms with Crippen molar-refractivity contribution in [2.45, 2.75) is 19.7 Å². The third kappa shape index (κ3) is 4.32. The van der Waals surface area contributed by atoms with Gasteiger partial charge in [-0.25, -0.2) is 4.39 Å². The summed E-state index contributed by atoms with van der Waals surface area (Å²) in [7, 11) is 0. The summed E-state index contributed by atoms with van der Waals surface area (Å²) in [5.41, 5.74) is 3.15. The van der Waals surface area contributed by atoms with E-state index in [0.717, 1.165) is 44.7 Å². The molecule has 0 unspecified atom stereocenters. The van der Waals surface area contributed by atoms with Gasteiger partial charge in [0.15, 0.2) is 11.5 Å². The Hall–Kier alpha value is -3.57. The molecule has 0 aromatic heterocycles. The molecule has 5 heteroatoms. The molecule has 0 spiro atoms. The number of nitrogens with one attached hydrogen (secondary N) is 1. The van der Waals surface area contributed by atoms with Gasteiger partial charge in [0, 0.05) is 18.7 Å². The Morgan fingerprint density at radius 2 is 1.61 bits per heavy atom. The Morgan fingerprint density at radius 1 is 0.806 bits per heavy atom. The van der Waals surface area contributed by atoms with Crippen LogP contribution in [0.2, 0.25) is 0 Å². The molecule has 0 radical (unpaired) electrons. The van der Waals surface area contributed by atoms with E-state index in [-0.39, 0.29) is 12.6 Å². The van der Waals surface area contributed by atoms with Crippen LogP contribution in [0.25, 0.3) is 10.8 Å². The van der Waals surface area contributed by atoms with E-state index >= 15 is 0 Å². The first-order valence-electron chi connectivity index (χ1n) is 10.2. The molecule has 0 saturated heterocycles. The predicted octanol–water partition coefficient (Wildman–Crippen LogP) is 5.58. The molecular weight excluding hydrogens is 393 g/mol. The minimum atomic E-state index is -0.247. The summed E-state index contributed by atoms with van der Waals surface area (Å²) in [6, 6.07) is 24.7. The van der Waals surface area contributed by atoms with Crippen LogP contribution in [0.1, 0.15) is 16.7 Å². The Kier molecular flexibility index (Phi) is 5.42. The van der Waals surface area contributed by atoms with Crippen molar-refractivity contribution in [3.05, 3.63) is 101 Å². The van der Waals surface area contributed by atoms with E-state index in [1.54, 1.807) is 12.1 Å². The number of halogens is 1.